The lowest BCUT2D eigenvalue weighted by Crippen LogP contribution is -2.37. The van der Waals surface area contributed by atoms with Crippen LogP contribution in [0.4, 0.5) is 15.8 Å². The molecule has 3 N–H and O–H groups in total. The summed E-state index contributed by atoms with van der Waals surface area (Å²) in [6.45, 7) is 1.93. The lowest BCUT2D eigenvalue weighted by molar-refractivity contribution is -0.115. The Balaban J connectivity index is 1.78. The Morgan fingerprint density at radius 2 is 2.08 bits per heavy atom. The third-order valence-corrected chi connectivity index (χ3v) is 5.40. The van der Waals surface area contributed by atoms with E-state index in [0.717, 1.165) is 17.3 Å². The van der Waals surface area contributed by atoms with Crippen LogP contribution in [0.2, 0.25) is 5.02 Å². The molecule has 2 aromatic carbocycles. The van der Waals surface area contributed by atoms with Crippen LogP contribution in [0.3, 0.4) is 0 Å². The van der Waals surface area contributed by atoms with Gasteiger partial charge >= 0.3 is 0 Å². The van der Waals surface area contributed by atoms with Crippen LogP contribution in [0.25, 0.3) is 0 Å². The van der Waals surface area contributed by atoms with Gasteiger partial charge in [-0.25, -0.2) is 17.9 Å². The number of benzene rings is 2. The molecule has 0 unspecified atom stereocenters. The van der Waals surface area contributed by atoms with Crippen molar-refractivity contribution in [1.82, 2.24) is 0 Å². The summed E-state index contributed by atoms with van der Waals surface area (Å²) in [5.74, 6) is -1.00. The fourth-order valence-electron chi connectivity index (χ4n) is 3.02. The number of carbonyl (C=O) groups is 1. The molecule has 1 atom stereocenters. The molecule has 0 aromatic heterocycles. The van der Waals surface area contributed by atoms with E-state index in [1.165, 1.54) is 24.3 Å². The van der Waals surface area contributed by atoms with Crippen LogP contribution in [0, 0.1) is 5.82 Å². The molecule has 0 saturated carbocycles. The zero-order valence-electron chi connectivity index (χ0n) is 13.9. The van der Waals surface area contributed by atoms with E-state index in [4.69, 9.17) is 16.7 Å². The van der Waals surface area contributed by atoms with Crippen molar-refractivity contribution < 1.29 is 17.6 Å². The van der Waals surface area contributed by atoms with Crippen LogP contribution in [0.5, 0.6) is 0 Å². The molecule has 0 aliphatic carbocycles. The lowest BCUT2D eigenvalue weighted by Gasteiger charge is -2.24. The van der Waals surface area contributed by atoms with Gasteiger partial charge in [-0.15, -0.1) is 0 Å². The molecule has 0 bridgehead atoms. The maximum Gasteiger partial charge on any atom is 0.243 e. The number of primary sulfonamides is 1. The molecule has 138 valence electrons. The average molecular weight is 398 g/mol. The van der Waals surface area contributed by atoms with Gasteiger partial charge in [-0.3, -0.25) is 4.79 Å². The maximum absolute atomic E-state index is 13.8. The predicted octanol–water partition coefficient (Wildman–Crippen LogP) is 2.52. The Kier molecular flexibility index (Phi) is 4.92. The first kappa shape index (κ1) is 18.6. The van der Waals surface area contributed by atoms with E-state index in [1.807, 2.05) is 11.8 Å². The van der Waals surface area contributed by atoms with Crippen LogP contribution < -0.4 is 15.4 Å². The van der Waals surface area contributed by atoms with Crippen molar-refractivity contribution in [2.75, 3.05) is 16.8 Å². The Bertz CT molecular complexity index is 981. The number of halogens is 2. The minimum atomic E-state index is -3.78. The molecular formula is C17H17ClFN3O3S. The van der Waals surface area contributed by atoms with E-state index >= 15 is 0 Å². The highest BCUT2D eigenvalue weighted by molar-refractivity contribution is 7.89. The van der Waals surface area contributed by atoms with E-state index in [-0.39, 0.29) is 34.1 Å². The minimum Gasteiger partial charge on any atom is -0.359 e. The summed E-state index contributed by atoms with van der Waals surface area (Å²) >= 11 is 5.70. The molecule has 9 heteroatoms. The average Bonchev–Trinajstić information content (AvgIpc) is 2.84. The number of nitrogens with zero attached hydrogens (tertiary/aromatic N) is 1. The number of sulfonamides is 1. The molecule has 0 radical (unpaired) electrons. The molecule has 1 heterocycles. The summed E-state index contributed by atoms with van der Waals surface area (Å²) in [6.07, 6.45) is 0.585. The lowest BCUT2D eigenvalue weighted by atomic mass is 10.1. The van der Waals surface area contributed by atoms with Crippen molar-refractivity contribution in [3.8, 4) is 0 Å². The van der Waals surface area contributed by atoms with Gasteiger partial charge in [0.25, 0.3) is 0 Å². The summed E-state index contributed by atoms with van der Waals surface area (Å²) in [5, 5.41) is 7.93. The Morgan fingerprint density at radius 3 is 2.73 bits per heavy atom. The topological polar surface area (TPSA) is 92.5 Å². The Morgan fingerprint density at radius 1 is 1.35 bits per heavy atom. The zero-order valence-corrected chi connectivity index (χ0v) is 15.4. The van der Waals surface area contributed by atoms with Crippen molar-refractivity contribution in [3.05, 3.63) is 52.8 Å². The second kappa shape index (κ2) is 6.86. The minimum absolute atomic E-state index is 0.00492. The number of hydrogen-bond acceptors (Lipinski definition) is 4. The number of rotatable bonds is 4. The third-order valence-electron chi connectivity index (χ3n) is 4.26. The van der Waals surface area contributed by atoms with Crippen molar-refractivity contribution >= 4 is 38.9 Å². The SMILES string of the molecule is C[C@@H]1Cc2cc(S(N)(=O)=O)ccc2N1CC(=O)Nc1ccc(Cl)cc1F. The molecule has 3 rings (SSSR count). The summed E-state index contributed by atoms with van der Waals surface area (Å²) < 4.78 is 36.8. The van der Waals surface area contributed by atoms with Crippen LogP contribution in [0.15, 0.2) is 41.3 Å². The summed E-state index contributed by atoms with van der Waals surface area (Å²) in [5.41, 5.74) is 1.61. The third kappa shape index (κ3) is 3.82. The van der Waals surface area contributed by atoms with Crippen molar-refractivity contribution in [3.63, 3.8) is 0 Å². The number of amides is 1. The van der Waals surface area contributed by atoms with E-state index in [0.29, 0.717) is 6.42 Å². The fraction of sp³-hybridized carbons (Fsp3) is 0.235. The molecule has 0 fully saturated rings. The second-order valence-corrected chi connectivity index (χ2v) is 8.19. The molecule has 1 aliphatic rings. The number of hydrogen-bond donors (Lipinski definition) is 2. The number of nitrogens with two attached hydrogens (primary N) is 1. The van der Waals surface area contributed by atoms with Crippen molar-refractivity contribution in [2.24, 2.45) is 5.14 Å². The molecule has 1 amide bonds. The van der Waals surface area contributed by atoms with Crippen LogP contribution in [-0.4, -0.2) is 26.9 Å². The maximum atomic E-state index is 13.8. The fourth-order valence-corrected chi connectivity index (χ4v) is 3.75. The van der Waals surface area contributed by atoms with Crippen LogP contribution in [-0.2, 0) is 21.2 Å². The summed E-state index contributed by atoms with van der Waals surface area (Å²) in [7, 11) is -3.78. The van der Waals surface area contributed by atoms with Gasteiger partial charge in [0.2, 0.25) is 15.9 Å². The standard InChI is InChI=1S/C17H17ClFN3O3S/c1-10-6-11-7-13(26(20,24)25)3-5-16(11)22(10)9-17(23)21-15-4-2-12(18)8-14(15)19/h2-5,7-8,10H,6,9H2,1H3,(H,21,23)(H2,20,24,25)/t10-/m1/s1. The van der Waals surface area contributed by atoms with Crippen molar-refractivity contribution in [1.29, 1.82) is 0 Å². The predicted molar refractivity (Wildman–Crippen MR) is 98.4 cm³/mol. The Hall–Kier alpha value is -2.16. The molecular weight excluding hydrogens is 381 g/mol. The first-order valence-electron chi connectivity index (χ1n) is 7.82. The molecule has 1 aliphatic heterocycles. The largest absolute Gasteiger partial charge is 0.359 e. The van der Waals surface area contributed by atoms with E-state index in [9.17, 15) is 17.6 Å². The molecule has 26 heavy (non-hydrogen) atoms. The van der Waals surface area contributed by atoms with Gasteiger partial charge in [-0.2, -0.15) is 0 Å². The van der Waals surface area contributed by atoms with E-state index < -0.39 is 15.8 Å². The number of anilines is 2. The zero-order chi connectivity index (χ0) is 19.1. The Labute approximate surface area is 155 Å². The number of fused-ring (bicyclic) bond motifs is 1. The first-order valence-corrected chi connectivity index (χ1v) is 9.75. The van der Waals surface area contributed by atoms with E-state index in [2.05, 4.69) is 5.32 Å². The van der Waals surface area contributed by atoms with E-state index in [1.54, 1.807) is 6.07 Å². The highest BCUT2D eigenvalue weighted by Gasteiger charge is 2.28. The van der Waals surface area contributed by atoms with Crippen LogP contribution in [0.1, 0.15) is 12.5 Å². The van der Waals surface area contributed by atoms with Crippen molar-refractivity contribution in [2.45, 2.75) is 24.3 Å². The van der Waals surface area contributed by atoms with Gasteiger partial charge in [0.1, 0.15) is 5.82 Å². The molecule has 2 aromatic rings. The quantitative estimate of drug-likeness (QED) is 0.829. The summed E-state index contributed by atoms with van der Waals surface area (Å²) in [4.78, 5) is 14.2. The summed E-state index contributed by atoms with van der Waals surface area (Å²) in [6, 6.07) is 8.57. The van der Waals surface area contributed by atoms with Gasteiger partial charge in [-0.1, -0.05) is 11.6 Å². The molecule has 6 nitrogen and oxygen atoms in total. The van der Waals surface area contributed by atoms with Gasteiger partial charge in [0.05, 0.1) is 17.1 Å². The monoisotopic (exact) mass is 397 g/mol. The van der Waals surface area contributed by atoms with Gasteiger partial charge in [0.15, 0.2) is 0 Å². The smallest absolute Gasteiger partial charge is 0.243 e. The normalized spacial score (nSPS) is 16.5. The second-order valence-electron chi connectivity index (χ2n) is 6.19. The van der Waals surface area contributed by atoms with Gasteiger partial charge < -0.3 is 10.2 Å². The first-order chi connectivity index (χ1) is 12.1. The molecule has 0 spiro atoms. The highest BCUT2D eigenvalue weighted by Crippen LogP contribution is 2.33. The number of nitrogens with one attached hydrogen (secondary N) is 1. The highest BCUT2D eigenvalue weighted by atomic mass is 35.5. The number of carbonyl (C=O) groups excluding carboxylic acids is 1. The van der Waals surface area contributed by atoms with Crippen LogP contribution >= 0.6 is 11.6 Å². The van der Waals surface area contributed by atoms with Gasteiger partial charge in [-0.05, 0) is 55.3 Å². The van der Waals surface area contributed by atoms with Gasteiger partial charge in [0, 0.05) is 16.8 Å². The molecule has 0 saturated heterocycles.